The van der Waals surface area contributed by atoms with Gasteiger partial charge in [-0.3, -0.25) is 15.0 Å². The molecule has 0 bridgehead atoms. The van der Waals surface area contributed by atoms with Crippen LogP contribution >= 0.6 is 0 Å². The number of nitrogens with one attached hydrogen (secondary N) is 2. The molecule has 5 nitrogen and oxygen atoms in total. The quantitative estimate of drug-likeness (QED) is 0.864. The number of amides is 3. The van der Waals surface area contributed by atoms with Gasteiger partial charge in [0.05, 0.1) is 6.54 Å². The number of likely N-dealkylation sites (tertiary alicyclic amines) is 1. The average molecular weight is 361 g/mol. The van der Waals surface area contributed by atoms with Crippen molar-refractivity contribution >= 4 is 11.9 Å². The van der Waals surface area contributed by atoms with E-state index < -0.39 is 6.03 Å². The maximum absolute atomic E-state index is 13.1. The topological polar surface area (TPSA) is 61.4 Å². The first-order chi connectivity index (χ1) is 12.5. The van der Waals surface area contributed by atoms with Crippen LogP contribution in [0.25, 0.3) is 0 Å². The number of carbonyl (C=O) groups is 2. The fourth-order valence-corrected chi connectivity index (χ4v) is 4.16. The van der Waals surface area contributed by atoms with Crippen molar-refractivity contribution in [1.29, 1.82) is 0 Å². The Morgan fingerprint density at radius 1 is 1.12 bits per heavy atom. The third-order valence-corrected chi connectivity index (χ3v) is 5.65. The van der Waals surface area contributed by atoms with Crippen LogP contribution in [0.2, 0.25) is 0 Å². The monoisotopic (exact) mass is 361 g/mol. The highest BCUT2D eigenvalue weighted by Crippen LogP contribution is 2.31. The third-order valence-electron chi connectivity index (χ3n) is 5.65. The van der Waals surface area contributed by atoms with E-state index in [0.29, 0.717) is 5.92 Å². The molecule has 2 N–H and O–H groups in total. The van der Waals surface area contributed by atoms with Crippen molar-refractivity contribution in [1.82, 2.24) is 15.5 Å². The molecular weight excluding hydrogens is 333 g/mol. The van der Waals surface area contributed by atoms with Crippen LogP contribution in [0.15, 0.2) is 24.3 Å². The number of hydrogen-bond acceptors (Lipinski definition) is 3. The number of halogens is 1. The number of hydrogen-bond donors (Lipinski definition) is 2. The van der Waals surface area contributed by atoms with Gasteiger partial charge in [0, 0.05) is 12.1 Å². The summed E-state index contributed by atoms with van der Waals surface area (Å²) in [5, 5.41) is 5.41. The van der Waals surface area contributed by atoms with Crippen molar-refractivity contribution in [3.05, 3.63) is 35.6 Å². The second-order valence-corrected chi connectivity index (χ2v) is 7.57. The molecule has 26 heavy (non-hydrogen) atoms. The molecule has 1 aliphatic heterocycles. The number of carbonyl (C=O) groups excluding carboxylic acids is 2. The van der Waals surface area contributed by atoms with Crippen LogP contribution < -0.4 is 10.6 Å². The molecule has 1 aliphatic carbocycles. The zero-order valence-electron chi connectivity index (χ0n) is 15.3. The predicted octanol–water partition coefficient (Wildman–Crippen LogP) is 3.37. The first-order valence-corrected chi connectivity index (χ1v) is 9.63. The van der Waals surface area contributed by atoms with Crippen LogP contribution in [0.4, 0.5) is 9.18 Å². The Hall–Kier alpha value is -1.95. The van der Waals surface area contributed by atoms with Crippen molar-refractivity contribution in [2.24, 2.45) is 5.92 Å². The lowest BCUT2D eigenvalue weighted by Crippen LogP contribution is -2.49. The molecule has 3 amide bonds. The van der Waals surface area contributed by atoms with E-state index in [2.05, 4.69) is 22.5 Å². The van der Waals surface area contributed by atoms with Gasteiger partial charge in [-0.05, 0) is 55.8 Å². The summed E-state index contributed by atoms with van der Waals surface area (Å²) in [6, 6.07) is 6.29. The minimum atomic E-state index is -0.397. The number of urea groups is 1. The summed E-state index contributed by atoms with van der Waals surface area (Å²) in [7, 11) is 0. The van der Waals surface area contributed by atoms with Gasteiger partial charge in [0.1, 0.15) is 5.82 Å². The Morgan fingerprint density at radius 3 is 2.58 bits per heavy atom. The Kier molecular flexibility index (Phi) is 6.25. The maximum Gasteiger partial charge on any atom is 0.321 e. The van der Waals surface area contributed by atoms with Crippen LogP contribution in [0.1, 0.15) is 57.1 Å². The largest absolute Gasteiger partial charge is 0.335 e. The molecule has 1 saturated carbocycles. The van der Waals surface area contributed by atoms with E-state index >= 15 is 0 Å². The normalized spacial score (nSPS) is 26.5. The molecule has 0 aromatic heterocycles. The van der Waals surface area contributed by atoms with Crippen molar-refractivity contribution in [2.75, 3.05) is 13.1 Å². The van der Waals surface area contributed by atoms with E-state index in [1.165, 1.54) is 18.6 Å². The lowest BCUT2D eigenvalue weighted by atomic mass is 9.86. The number of nitrogens with zero attached hydrogens (tertiary/aromatic N) is 1. The molecule has 1 aromatic carbocycles. The molecule has 142 valence electrons. The zero-order valence-corrected chi connectivity index (χ0v) is 15.3. The lowest BCUT2D eigenvalue weighted by molar-refractivity contribution is -0.121. The maximum atomic E-state index is 13.1. The SMILES string of the molecule is CC1CCCCC1NC(=O)NC(=O)CN1CCCC1c1ccc(F)cc1. The highest BCUT2D eigenvalue weighted by Gasteiger charge is 2.28. The average Bonchev–Trinajstić information content (AvgIpc) is 3.05. The summed E-state index contributed by atoms with van der Waals surface area (Å²) >= 11 is 0. The highest BCUT2D eigenvalue weighted by atomic mass is 19.1. The van der Waals surface area contributed by atoms with Gasteiger partial charge in [0.15, 0.2) is 0 Å². The summed E-state index contributed by atoms with van der Waals surface area (Å²) in [6.07, 6.45) is 6.34. The van der Waals surface area contributed by atoms with E-state index in [-0.39, 0.29) is 30.4 Å². The van der Waals surface area contributed by atoms with Crippen molar-refractivity contribution in [2.45, 2.75) is 57.5 Å². The summed E-state index contributed by atoms with van der Waals surface area (Å²) < 4.78 is 13.1. The highest BCUT2D eigenvalue weighted by molar-refractivity contribution is 5.95. The summed E-state index contributed by atoms with van der Waals surface area (Å²) in [4.78, 5) is 26.5. The standard InChI is InChI=1S/C20H28FN3O2/c1-14-5-2-3-6-17(14)22-20(26)23-19(25)13-24-12-4-7-18(24)15-8-10-16(21)11-9-15/h8-11,14,17-18H,2-7,12-13H2,1H3,(H2,22,23,25,26). The van der Waals surface area contributed by atoms with Crippen LogP contribution in [0.3, 0.4) is 0 Å². The second kappa shape index (κ2) is 8.62. The van der Waals surface area contributed by atoms with Crippen molar-refractivity contribution in [3.8, 4) is 0 Å². The van der Waals surface area contributed by atoms with Crippen LogP contribution in [0.5, 0.6) is 0 Å². The molecule has 3 atom stereocenters. The molecule has 3 unspecified atom stereocenters. The van der Waals surface area contributed by atoms with E-state index in [0.717, 1.165) is 44.2 Å². The van der Waals surface area contributed by atoms with Gasteiger partial charge in [0.25, 0.3) is 0 Å². The molecule has 1 aromatic rings. The molecule has 6 heteroatoms. The van der Waals surface area contributed by atoms with Crippen LogP contribution in [-0.2, 0) is 4.79 Å². The van der Waals surface area contributed by atoms with E-state index in [1.807, 2.05) is 0 Å². The number of imide groups is 1. The summed E-state index contributed by atoms with van der Waals surface area (Å²) in [5.41, 5.74) is 1.01. The molecule has 1 saturated heterocycles. The first kappa shape index (κ1) is 18.8. The molecule has 0 spiro atoms. The number of benzene rings is 1. The van der Waals surface area contributed by atoms with Crippen LogP contribution in [-0.4, -0.2) is 36.0 Å². The third kappa shape index (κ3) is 4.81. The van der Waals surface area contributed by atoms with Gasteiger partial charge in [-0.2, -0.15) is 0 Å². The Balaban J connectivity index is 1.50. The minimum absolute atomic E-state index is 0.0998. The van der Waals surface area contributed by atoms with Gasteiger partial charge in [-0.15, -0.1) is 0 Å². The summed E-state index contributed by atoms with van der Waals surface area (Å²) in [5.74, 6) is -0.101. The molecule has 3 rings (SSSR count). The van der Waals surface area contributed by atoms with E-state index in [4.69, 9.17) is 0 Å². The second-order valence-electron chi connectivity index (χ2n) is 7.57. The zero-order chi connectivity index (χ0) is 18.5. The molecule has 2 aliphatic rings. The van der Waals surface area contributed by atoms with Crippen molar-refractivity contribution in [3.63, 3.8) is 0 Å². The lowest BCUT2D eigenvalue weighted by Gasteiger charge is -2.29. The molecule has 1 heterocycles. The molecule has 2 fully saturated rings. The van der Waals surface area contributed by atoms with Crippen LogP contribution in [0, 0.1) is 11.7 Å². The minimum Gasteiger partial charge on any atom is -0.335 e. The fraction of sp³-hybridized carbons (Fsp3) is 0.600. The predicted molar refractivity (Wildman–Crippen MR) is 98.0 cm³/mol. The van der Waals surface area contributed by atoms with Gasteiger partial charge >= 0.3 is 6.03 Å². The van der Waals surface area contributed by atoms with Gasteiger partial charge < -0.3 is 5.32 Å². The summed E-state index contributed by atoms with van der Waals surface area (Å²) in [6.45, 7) is 3.12. The van der Waals surface area contributed by atoms with Gasteiger partial charge in [0.2, 0.25) is 5.91 Å². The fourth-order valence-electron chi connectivity index (χ4n) is 4.16. The van der Waals surface area contributed by atoms with Crippen molar-refractivity contribution < 1.29 is 14.0 Å². The Labute approximate surface area is 154 Å². The first-order valence-electron chi connectivity index (χ1n) is 9.63. The van der Waals surface area contributed by atoms with E-state index in [1.54, 1.807) is 12.1 Å². The van der Waals surface area contributed by atoms with Gasteiger partial charge in [-0.25, -0.2) is 9.18 Å². The molecular formula is C20H28FN3O2. The number of rotatable bonds is 4. The molecule has 0 radical (unpaired) electrons. The van der Waals surface area contributed by atoms with Gasteiger partial charge in [-0.1, -0.05) is 31.9 Å². The smallest absolute Gasteiger partial charge is 0.321 e. The Morgan fingerprint density at radius 2 is 1.85 bits per heavy atom. The van der Waals surface area contributed by atoms with E-state index in [9.17, 15) is 14.0 Å². The Bertz CT molecular complexity index is 634.